The normalized spacial score (nSPS) is 20.1. The van der Waals surface area contributed by atoms with Crippen molar-refractivity contribution in [1.82, 2.24) is 25.3 Å². The van der Waals surface area contributed by atoms with Crippen molar-refractivity contribution in [3.05, 3.63) is 47.0 Å². The molecule has 1 saturated heterocycles. The van der Waals surface area contributed by atoms with E-state index in [4.69, 9.17) is 4.74 Å². The molecular weight excluding hydrogens is 334 g/mol. The van der Waals surface area contributed by atoms with E-state index in [9.17, 15) is 0 Å². The minimum absolute atomic E-state index is 0.310. The van der Waals surface area contributed by atoms with E-state index in [1.165, 1.54) is 5.56 Å². The van der Waals surface area contributed by atoms with E-state index in [0.29, 0.717) is 17.8 Å². The number of aromatic nitrogens is 4. The molecule has 1 aliphatic heterocycles. The number of nitrogens with one attached hydrogen (secondary N) is 1. The quantitative estimate of drug-likeness (QED) is 0.762. The molecule has 0 bridgehead atoms. The van der Waals surface area contributed by atoms with Crippen molar-refractivity contribution in [3.8, 4) is 16.6 Å². The first-order chi connectivity index (χ1) is 12.2. The lowest BCUT2D eigenvalue weighted by Gasteiger charge is -2.18. The standard InChI is InChI=1S/C18H21N5OS/c1-12-17(24-2)20-18(25-12)15-11-23(22-21-15)16-10-19-9-14(16)8-13-6-4-3-5-7-13/h3-7,11,14,16,19H,8-10H2,1-2H3/t14-,16+/m0/s1. The molecular formula is C18H21N5OS. The third kappa shape index (κ3) is 3.29. The van der Waals surface area contributed by atoms with Crippen LogP contribution in [-0.4, -0.2) is 40.2 Å². The summed E-state index contributed by atoms with van der Waals surface area (Å²) in [4.78, 5) is 5.54. The van der Waals surface area contributed by atoms with Crippen LogP contribution in [0, 0.1) is 12.8 Å². The highest BCUT2D eigenvalue weighted by molar-refractivity contribution is 7.15. The van der Waals surface area contributed by atoms with Crippen LogP contribution < -0.4 is 10.1 Å². The van der Waals surface area contributed by atoms with E-state index in [0.717, 1.165) is 35.1 Å². The lowest BCUT2D eigenvalue weighted by Crippen LogP contribution is -2.20. The average molecular weight is 355 g/mol. The lowest BCUT2D eigenvalue weighted by molar-refractivity contribution is 0.368. The van der Waals surface area contributed by atoms with Gasteiger partial charge in [0.15, 0.2) is 0 Å². The third-order valence-corrected chi connectivity index (χ3v) is 5.64. The number of rotatable bonds is 5. The van der Waals surface area contributed by atoms with Crippen LogP contribution in [-0.2, 0) is 6.42 Å². The Kier molecular flexibility index (Phi) is 4.50. The minimum Gasteiger partial charge on any atom is -0.480 e. The molecule has 0 unspecified atom stereocenters. The van der Waals surface area contributed by atoms with Crippen LogP contribution in [0.1, 0.15) is 16.5 Å². The summed E-state index contributed by atoms with van der Waals surface area (Å²) in [5.74, 6) is 1.17. The number of ether oxygens (including phenoxy) is 1. The first kappa shape index (κ1) is 16.2. The second-order valence-electron chi connectivity index (χ2n) is 6.34. The van der Waals surface area contributed by atoms with Gasteiger partial charge in [-0.3, -0.25) is 0 Å². The molecule has 7 heteroatoms. The Balaban J connectivity index is 1.54. The summed E-state index contributed by atoms with van der Waals surface area (Å²) < 4.78 is 7.26. The molecule has 0 saturated carbocycles. The molecule has 4 rings (SSSR count). The summed E-state index contributed by atoms with van der Waals surface area (Å²) in [5, 5.41) is 13.1. The molecule has 25 heavy (non-hydrogen) atoms. The van der Waals surface area contributed by atoms with Gasteiger partial charge in [-0.15, -0.1) is 16.4 Å². The highest BCUT2D eigenvalue weighted by atomic mass is 32.1. The van der Waals surface area contributed by atoms with Gasteiger partial charge in [-0.2, -0.15) is 4.98 Å². The third-order valence-electron chi connectivity index (χ3n) is 4.66. The summed E-state index contributed by atoms with van der Waals surface area (Å²) in [6.07, 6.45) is 3.05. The number of aryl methyl sites for hydroxylation is 1. The zero-order valence-corrected chi connectivity index (χ0v) is 15.2. The Bertz CT molecular complexity index is 844. The molecule has 130 valence electrons. The smallest absolute Gasteiger partial charge is 0.227 e. The molecule has 1 aromatic carbocycles. The monoisotopic (exact) mass is 355 g/mol. The fourth-order valence-corrected chi connectivity index (χ4v) is 4.21. The van der Waals surface area contributed by atoms with Crippen LogP contribution in [0.25, 0.3) is 10.7 Å². The van der Waals surface area contributed by atoms with E-state index >= 15 is 0 Å². The molecule has 0 spiro atoms. The molecule has 1 N–H and O–H groups in total. The molecule has 2 atom stereocenters. The van der Waals surface area contributed by atoms with E-state index in [1.807, 2.05) is 17.8 Å². The molecule has 1 fully saturated rings. The average Bonchev–Trinajstić information content (AvgIpc) is 3.34. The van der Waals surface area contributed by atoms with Gasteiger partial charge >= 0.3 is 0 Å². The topological polar surface area (TPSA) is 64.9 Å². The summed E-state index contributed by atoms with van der Waals surface area (Å²) >= 11 is 1.58. The van der Waals surface area contributed by atoms with Gasteiger partial charge in [0.1, 0.15) is 10.7 Å². The fraction of sp³-hybridized carbons (Fsp3) is 0.389. The van der Waals surface area contributed by atoms with Crippen LogP contribution >= 0.6 is 11.3 Å². The van der Waals surface area contributed by atoms with Gasteiger partial charge in [0.05, 0.1) is 24.2 Å². The highest BCUT2D eigenvalue weighted by Crippen LogP contribution is 2.32. The van der Waals surface area contributed by atoms with Crippen molar-refractivity contribution in [2.45, 2.75) is 19.4 Å². The second kappa shape index (κ2) is 6.93. The van der Waals surface area contributed by atoms with Crippen LogP contribution in [0.5, 0.6) is 5.88 Å². The Morgan fingerprint density at radius 2 is 2.12 bits per heavy atom. The van der Waals surface area contributed by atoms with Gasteiger partial charge in [-0.05, 0) is 24.8 Å². The molecule has 0 radical (unpaired) electrons. The molecule has 6 nitrogen and oxygen atoms in total. The maximum Gasteiger partial charge on any atom is 0.227 e. The number of thiazole rings is 1. The summed E-state index contributed by atoms with van der Waals surface area (Å²) in [7, 11) is 1.64. The molecule has 1 aliphatic rings. The molecule has 2 aromatic heterocycles. The lowest BCUT2D eigenvalue weighted by atomic mass is 9.95. The largest absolute Gasteiger partial charge is 0.480 e. The van der Waals surface area contributed by atoms with Gasteiger partial charge in [0, 0.05) is 13.1 Å². The zero-order chi connectivity index (χ0) is 17.2. The predicted molar refractivity (Wildman–Crippen MR) is 98.0 cm³/mol. The molecule has 3 aromatic rings. The summed E-state index contributed by atoms with van der Waals surface area (Å²) in [6, 6.07) is 10.9. The Labute approximate surface area is 150 Å². The maximum absolute atomic E-state index is 5.27. The van der Waals surface area contributed by atoms with Gasteiger partial charge in [0.2, 0.25) is 5.88 Å². The highest BCUT2D eigenvalue weighted by Gasteiger charge is 2.30. The number of nitrogens with zero attached hydrogens (tertiary/aromatic N) is 4. The van der Waals surface area contributed by atoms with Gasteiger partial charge in [0.25, 0.3) is 0 Å². The predicted octanol–water partition coefficient (Wildman–Crippen LogP) is 2.72. The zero-order valence-electron chi connectivity index (χ0n) is 14.3. The molecule has 0 aliphatic carbocycles. The number of benzene rings is 1. The van der Waals surface area contributed by atoms with Gasteiger partial charge in [-0.25, -0.2) is 4.68 Å². The fourth-order valence-electron chi connectivity index (χ4n) is 3.37. The van der Waals surface area contributed by atoms with Crippen molar-refractivity contribution in [1.29, 1.82) is 0 Å². The van der Waals surface area contributed by atoms with Crippen molar-refractivity contribution in [3.63, 3.8) is 0 Å². The molecule has 0 amide bonds. The maximum atomic E-state index is 5.27. The van der Waals surface area contributed by atoms with Crippen LogP contribution in [0.3, 0.4) is 0 Å². The van der Waals surface area contributed by atoms with Gasteiger partial charge in [-0.1, -0.05) is 35.5 Å². The van der Waals surface area contributed by atoms with Crippen LogP contribution in [0.4, 0.5) is 0 Å². The first-order valence-electron chi connectivity index (χ1n) is 8.43. The van der Waals surface area contributed by atoms with E-state index in [1.54, 1.807) is 18.4 Å². The minimum atomic E-state index is 0.310. The van der Waals surface area contributed by atoms with E-state index in [2.05, 4.69) is 50.9 Å². The second-order valence-corrected chi connectivity index (χ2v) is 7.55. The van der Waals surface area contributed by atoms with Gasteiger partial charge < -0.3 is 10.1 Å². The van der Waals surface area contributed by atoms with Crippen LogP contribution in [0.15, 0.2) is 36.5 Å². The van der Waals surface area contributed by atoms with Crippen molar-refractivity contribution < 1.29 is 4.74 Å². The summed E-state index contributed by atoms with van der Waals surface area (Å²) in [6.45, 7) is 3.92. The Morgan fingerprint density at radius 1 is 1.28 bits per heavy atom. The number of hydrogen-bond donors (Lipinski definition) is 1. The van der Waals surface area contributed by atoms with E-state index in [-0.39, 0.29) is 0 Å². The van der Waals surface area contributed by atoms with Crippen molar-refractivity contribution in [2.24, 2.45) is 5.92 Å². The Morgan fingerprint density at radius 3 is 2.88 bits per heavy atom. The van der Waals surface area contributed by atoms with Crippen LogP contribution in [0.2, 0.25) is 0 Å². The van der Waals surface area contributed by atoms with Crippen molar-refractivity contribution in [2.75, 3.05) is 20.2 Å². The Hall–Kier alpha value is -2.25. The number of hydrogen-bond acceptors (Lipinski definition) is 6. The first-order valence-corrected chi connectivity index (χ1v) is 9.24. The van der Waals surface area contributed by atoms with Crippen molar-refractivity contribution >= 4 is 11.3 Å². The number of methoxy groups -OCH3 is 1. The summed E-state index contributed by atoms with van der Waals surface area (Å²) in [5.41, 5.74) is 2.17. The SMILES string of the molecule is COc1nc(-c2cn([C@@H]3CNC[C@@H]3Cc3ccccc3)nn2)sc1C. The van der Waals surface area contributed by atoms with E-state index < -0.39 is 0 Å². The molecule has 3 heterocycles.